The number of nitrogens with zero attached hydrogens (tertiary/aromatic N) is 1. The number of aromatic hydroxyl groups is 1. The minimum atomic E-state index is 0.298. The number of phenolic OH excluding ortho intramolecular Hbond substituents is 1. The molecule has 0 aliphatic carbocycles. The zero-order valence-corrected chi connectivity index (χ0v) is 13.0. The lowest BCUT2D eigenvalue weighted by molar-refractivity contribution is -0.00223. The van der Waals surface area contributed by atoms with E-state index < -0.39 is 0 Å². The van der Waals surface area contributed by atoms with Crippen molar-refractivity contribution < 1.29 is 9.84 Å². The zero-order valence-electron chi connectivity index (χ0n) is 11.4. The highest BCUT2D eigenvalue weighted by atomic mass is 79.9. The van der Waals surface area contributed by atoms with Crippen LogP contribution in [0.5, 0.6) is 5.75 Å². The molecule has 0 bridgehead atoms. The highest BCUT2D eigenvalue weighted by molar-refractivity contribution is 9.10. The molecule has 1 unspecified atom stereocenters. The number of hydrogen-bond acceptors (Lipinski definition) is 3. The fraction of sp³-hybridized carbons (Fsp3) is 0.600. The van der Waals surface area contributed by atoms with E-state index in [1.54, 1.807) is 6.07 Å². The van der Waals surface area contributed by atoms with Crippen LogP contribution in [0.3, 0.4) is 0 Å². The van der Waals surface area contributed by atoms with Crippen LogP contribution in [-0.4, -0.2) is 35.8 Å². The van der Waals surface area contributed by atoms with Gasteiger partial charge in [0.05, 0.1) is 10.6 Å². The van der Waals surface area contributed by atoms with Crippen LogP contribution < -0.4 is 0 Å². The molecule has 2 rings (SSSR count). The Balaban J connectivity index is 1.89. The summed E-state index contributed by atoms with van der Waals surface area (Å²) in [4.78, 5) is 2.43. The molecule has 0 amide bonds. The number of ether oxygens (including phenoxy) is 1. The summed E-state index contributed by atoms with van der Waals surface area (Å²) >= 11 is 3.36. The second-order valence-electron chi connectivity index (χ2n) is 5.16. The Labute approximate surface area is 123 Å². The number of halogens is 1. The van der Waals surface area contributed by atoms with E-state index in [0.717, 1.165) is 37.1 Å². The zero-order chi connectivity index (χ0) is 13.7. The van der Waals surface area contributed by atoms with E-state index in [9.17, 15) is 5.11 Å². The molecule has 3 nitrogen and oxygen atoms in total. The molecular formula is C15H22BrNO2. The number of hydrogen-bond donors (Lipinski definition) is 1. The van der Waals surface area contributed by atoms with Gasteiger partial charge in [-0.1, -0.05) is 13.0 Å². The van der Waals surface area contributed by atoms with Crippen molar-refractivity contribution in [3.05, 3.63) is 28.2 Å². The quantitative estimate of drug-likeness (QED) is 0.897. The van der Waals surface area contributed by atoms with Gasteiger partial charge in [-0.05, 0) is 59.4 Å². The van der Waals surface area contributed by atoms with Crippen molar-refractivity contribution >= 4 is 15.9 Å². The van der Waals surface area contributed by atoms with Gasteiger partial charge in [0.15, 0.2) is 0 Å². The lowest BCUT2D eigenvalue weighted by Gasteiger charge is -2.32. The fourth-order valence-electron chi connectivity index (χ4n) is 2.48. The molecule has 19 heavy (non-hydrogen) atoms. The Morgan fingerprint density at radius 1 is 1.47 bits per heavy atom. The van der Waals surface area contributed by atoms with Gasteiger partial charge in [0, 0.05) is 19.7 Å². The lowest BCUT2D eigenvalue weighted by atomic mass is 10.1. The molecule has 1 fully saturated rings. The van der Waals surface area contributed by atoms with Crippen LogP contribution in [0.1, 0.15) is 31.7 Å². The topological polar surface area (TPSA) is 32.7 Å². The lowest BCUT2D eigenvalue weighted by Crippen LogP contribution is -2.39. The number of rotatable bonds is 5. The van der Waals surface area contributed by atoms with Gasteiger partial charge in [0.1, 0.15) is 5.75 Å². The van der Waals surface area contributed by atoms with Crippen molar-refractivity contribution in [1.29, 1.82) is 0 Å². The normalized spacial score (nSPS) is 20.6. The van der Waals surface area contributed by atoms with Gasteiger partial charge in [-0.2, -0.15) is 0 Å². The van der Waals surface area contributed by atoms with E-state index in [-0.39, 0.29) is 0 Å². The maximum atomic E-state index is 9.51. The first kappa shape index (κ1) is 14.8. The molecule has 1 N–H and O–H groups in total. The van der Waals surface area contributed by atoms with Crippen LogP contribution in [0.2, 0.25) is 0 Å². The second kappa shape index (κ2) is 7.27. The van der Waals surface area contributed by atoms with Crippen molar-refractivity contribution in [2.75, 3.05) is 19.7 Å². The van der Waals surface area contributed by atoms with E-state index in [1.165, 1.54) is 18.4 Å². The summed E-state index contributed by atoms with van der Waals surface area (Å²) in [6.45, 7) is 6.08. The van der Waals surface area contributed by atoms with Crippen LogP contribution in [0.4, 0.5) is 0 Å². The Kier molecular flexibility index (Phi) is 5.67. The van der Waals surface area contributed by atoms with E-state index in [2.05, 4.69) is 27.8 Å². The van der Waals surface area contributed by atoms with Gasteiger partial charge in [0.25, 0.3) is 0 Å². The Morgan fingerprint density at radius 3 is 3.05 bits per heavy atom. The van der Waals surface area contributed by atoms with Crippen molar-refractivity contribution in [3.63, 3.8) is 0 Å². The van der Waals surface area contributed by atoms with E-state index in [4.69, 9.17) is 4.74 Å². The first-order chi connectivity index (χ1) is 9.19. The molecule has 1 aliphatic rings. The van der Waals surface area contributed by atoms with Gasteiger partial charge < -0.3 is 9.84 Å². The Bertz CT molecular complexity index is 411. The Morgan fingerprint density at radius 2 is 2.32 bits per heavy atom. The van der Waals surface area contributed by atoms with Crippen molar-refractivity contribution in [2.45, 2.75) is 38.8 Å². The number of likely N-dealkylation sites (tertiary alicyclic amines) is 1. The first-order valence-corrected chi connectivity index (χ1v) is 7.79. The van der Waals surface area contributed by atoms with E-state index >= 15 is 0 Å². The molecule has 106 valence electrons. The predicted molar refractivity (Wildman–Crippen MR) is 80.3 cm³/mol. The third kappa shape index (κ3) is 4.48. The van der Waals surface area contributed by atoms with Gasteiger partial charge >= 0.3 is 0 Å². The number of piperidine rings is 1. The minimum Gasteiger partial charge on any atom is -0.507 e. The minimum absolute atomic E-state index is 0.298. The van der Waals surface area contributed by atoms with E-state index in [1.807, 2.05) is 12.1 Å². The molecule has 1 aliphatic heterocycles. The molecule has 0 aromatic heterocycles. The summed E-state index contributed by atoms with van der Waals surface area (Å²) in [5, 5.41) is 9.51. The van der Waals surface area contributed by atoms with Gasteiger partial charge in [-0.25, -0.2) is 0 Å². The number of benzene rings is 1. The summed E-state index contributed by atoms with van der Waals surface area (Å²) in [6, 6.07) is 5.72. The van der Waals surface area contributed by atoms with Crippen LogP contribution in [0, 0.1) is 0 Å². The van der Waals surface area contributed by atoms with Crippen LogP contribution >= 0.6 is 15.9 Å². The summed E-state index contributed by atoms with van der Waals surface area (Å²) in [6.07, 6.45) is 3.85. The van der Waals surface area contributed by atoms with Gasteiger partial charge in [-0.15, -0.1) is 0 Å². The van der Waals surface area contributed by atoms with Crippen molar-refractivity contribution in [1.82, 2.24) is 4.90 Å². The molecular weight excluding hydrogens is 306 g/mol. The SMILES string of the molecule is CCCOC1CCCN(Cc2ccc(O)c(Br)c2)C1. The largest absolute Gasteiger partial charge is 0.507 e. The molecule has 0 radical (unpaired) electrons. The maximum Gasteiger partial charge on any atom is 0.129 e. The number of phenols is 1. The molecule has 1 heterocycles. The maximum absolute atomic E-state index is 9.51. The van der Waals surface area contributed by atoms with Crippen LogP contribution in [0.25, 0.3) is 0 Å². The van der Waals surface area contributed by atoms with Crippen molar-refractivity contribution in [2.24, 2.45) is 0 Å². The summed E-state index contributed by atoms with van der Waals surface area (Å²) < 4.78 is 6.62. The third-order valence-corrected chi connectivity index (χ3v) is 4.07. The molecule has 1 aromatic carbocycles. The molecule has 4 heteroatoms. The molecule has 0 saturated carbocycles. The molecule has 1 aromatic rings. The standard InChI is InChI=1S/C15H22BrNO2/c1-2-8-19-13-4-3-7-17(11-13)10-12-5-6-15(18)14(16)9-12/h5-6,9,13,18H,2-4,7-8,10-11H2,1H3. The highest BCUT2D eigenvalue weighted by Crippen LogP contribution is 2.25. The Hall–Kier alpha value is -0.580. The fourth-order valence-corrected chi connectivity index (χ4v) is 2.91. The second-order valence-corrected chi connectivity index (χ2v) is 6.01. The predicted octanol–water partition coefficient (Wildman–Crippen LogP) is 3.55. The summed E-state index contributed by atoms with van der Waals surface area (Å²) in [5.74, 6) is 0.298. The van der Waals surface area contributed by atoms with Crippen LogP contribution in [-0.2, 0) is 11.3 Å². The molecule has 0 spiro atoms. The van der Waals surface area contributed by atoms with Gasteiger partial charge in [0.2, 0.25) is 0 Å². The monoisotopic (exact) mass is 327 g/mol. The molecule has 1 saturated heterocycles. The third-order valence-electron chi connectivity index (χ3n) is 3.44. The average Bonchev–Trinajstić information content (AvgIpc) is 2.41. The molecule has 1 atom stereocenters. The van der Waals surface area contributed by atoms with Crippen LogP contribution in [0.15, 0.2) is 22.7 Å². The first-order valence-electron chi connectivity index (χ1n) is 7.00. The summed E-state index contributed by atoms with van der Waals surface area (Å²) in [7, 11) is 0. The van der Waals surface area contributed by atoms with Gasteiger partial charge in [-0.3, -0.25) is 4.90 Å². The smallest absolute Gasteiger partial charge is 0.129 e. The average molecular weight is 328 g/mol. The highest BCUT2D eigenvalue weighted by Gasteiger charge is 2.20. The van der Waals surface area contributed by atoms with E-state index in [0.29, 0.717) is 11.9 Å². The van der Waals surface area contributed by atoms with Crippen molar-refractivity contribution in [3.8, 4) is 5.75 Å². The summed E-state index contributed by atoms with van der Waals surface area (Å²) in [5.41, 5.74) is 1.22.